The molecule has 7 heteroatoms. The van der Waals surface area contributed by atoms with E-state index in [1.165, 1.54) is 4.90 Å². The summed E-state index contributed by atoms with van der Waals surface area (Å²) in [5, 5.41) is 3.45. The summed E-state index contributed by atoms with van der Waals surface area (Å²) in [4.78, 5) is 13.4. The monoisotopic (exact) mass is 365 g/mol. The van der Waals surface area contributed by atoms with Crippen LogP contribution < -0.4 is 21.1 Å². The molecule has 1 aliphatic rings. The normalized spacial score (nSPS) is 23.0. The van der Waals surface area contributed by atoms with Crippen molar-refractivity contribution in [1.29, 1.82) is 0 Å². The first-order chi connectivity index (χ1) is 11.8. The fourth-order valence-electron chi connectivity index (χ4n) is 3.28. The molecule has 0 aromatic heterocycles. The number of quaternary nitrogens is 1. The number of ether oxygens (including phenoxy) is 1. The Bertz CT molecular complexity index is 593. The van der Waals surface area contributed by atoms with E-state index in [1.807, 2.05) is 26.0 Å². The molecule has 0 spiro atoms. The molecule has 2 atom stereocenters. The van der Waals surface area contributed by atoms with Gasteiger partial charge in [0.25, 0.3) is 0 Å². The highest BCUT2D eigenvalue weighted by Crippen LogP contribution is 2.13. The van der Waals surface area contributed by atoms with Crippen molar-refractivity contribution in [3.05, 3.63) is 29.3 Å². The van der Waals surface area contributed by atoms with E-state index in [1.54, 1.807) is 0 Å². The van der Waals surface area contributed by atoms with Gasteiger partial charge in [-0.25, -0.2) is 0 Å². The molecule has 1 aliphatic heterocycles. The molecule has 1 amide bonds. The summed E-state index contributed by atoms with van der Waals surface area (Å²) in [6.07, 6.45) is 0.942. The molecule has 1 heterocycles. The molecular weight excluding hydrogens is 336 g/mol. The van der Waals surface area contributed by atoms with Crippen LogP contribution >= 0.6 is 12.2 Å². The lowest BCUT2D eigenvalue weighted by Crippen LogP contribution is -3.15. The van der Waals surface area contributed by atoms with Crippen LogP contribution in [-0.2, 0) is 9.53 Å². The summed E-state index contributed by atoms with van der Waals surface area (Å²) >= 11 is 5.22. The Balaban J connectivity index is 1.69. The van der Waals surface area contributed by atoms with E-state index < -0.39 is 0 Å². The molecule has 0 radical (unpaired) electrons. The molecule has 25 heavy (non-hydrogen) atoms. The zero-order valence-electron chi connectivity index (χ0n) is 15.4. The third kappa shape index (κ3) is 6.97. The van der Waals surface area contributed by atoms with E-state index in [-0.39, 0.29) is 18.1 Å². The Hall–Kier alpha value is -1.70. The summed E-state index contributed by atoms with van der Waals surface area (Å²) in [5.74, 6) is -0.0659. The maximum atomic E-state index is 12.0. The molecule has 1 saturated heterocycles. The molecule has 4 N–H and O–H groups in total. The third-order valence-corrected chi connectivity index (χ3v) is 4.32. The van der Waals surface area contributed by atoms with Crippen LogP contribution in [0.15, 0.2) is 18.2 Å². The number of carbonyl (C=O) groups excluding carboxylic acids is 1. The van der Waals surface area contributed by atoms with Gasteiger partial charge in [-0.2, -0.15) is 0 Å². The van der Waals surface area contributed by atoms with Crippen molar-refractivity contribution in [2.45, 2.75) is 46.3 Å². The fraction of sp³-hybridized carbons (Fsp3) is 0.556. The number of hydrazine groups is 1. The van der Waals surface area contributed by atoms with Gasteiger partial charge in [0.2, 0.25) is 5.91 Å². The van der Waals surface area contributed by atoms with Gasteiger partial charge in [0.15, 0.2) is 5.11 Å². The van der Waals surface area contributed by atoms with Crippen LogP contribution in [-0.4, -0.2) is 42.9 Å². The summed E-state index contributed by atoms with van der Waals surface area (Å²) in [7, 11) is 0. The number of carbonyl (C=O) groups is 1. The van der Waals surface area contributed by atoms with E-state index >= 15 is 0 Å². The first kappa shape index (κ1) is 19.6. The van der Waals surface area contributed by atoms with Crippen LogP contribution in [0.2, 0.25) is 0 Å². The van der Waals surface area contributed by atoms with Gasteiger partial charge in [-0.3, -0.25) is 15.6 Å². The number of thiocarbonyl (C=S) groups is 1. The van der Waals surface area contributed by atoms with Gasteiger partial charge in [0, 0.05) is 5.69 Å². The Kier molecular flexibility index (Phi) is 7.16. The molecule has 0 aliphatic carbocycles. The Labute approximate surface area is 155 Å². The molecule has 1 aromatic rings. The van der Waals surface area contributed by atoms with Crippen molar-refractivity contribution in [1.82, 2.24) is 10.9 Å². The molecule has 6 nitrogen and oxygen atoms in total. The molecular formula is C18H29N4O2S+. The first-order valence-corrected chi connectivity index (χ1v) is 9.16. The zero-order valence-corrected chi connectivity index (χ0v) is 16.3. The summed E-state index contributed by atoms with van der Waals surface area (Å²) in [6, 6.07) is 6.11. The van der Waals surface area contributed by atoms with Crippen molar-refractivity contribution in [2.24, 2.45) is 0 Å². The predicted molar refractivity (Wildman–Crippen MR) is 104 cm³/mol. The van der Waals surface area contributed by atoms with E-state index in [0.29, 0.717) is 11.5 Å². The van der Waals surface area contributed by atoms with E-state index in [9.17, 15) is 4.79 Å². The van der Waals surface area contributed by atoms with Crippen LogP contribution in [0, 0.1) is 13.8 Å². The highest BCUT2D eigenvalue weighted by molar-refractivity contribution is 7.80. The van der Waals surface area contributed by atoms with Crippen LogP contribution in [0.25, 0.3) is 0 Å². The number of anilines is 1. The average Bonchev–Trinajstić information content (AvgIpc) is 2.49. The minimum atomic E-state index is -0.0659. The molecule has 0 bridgehead atoms. The first-order valence-electron chi connectivity index (χ1n) is 8.75. The predicted octanol–water partition coefficient (Wildman–Crippen LogP) is 0.703. The van der Waals surface area contributed by atoms with Crippen molar-refractivity contribution >= 4 is 28.9 Å². The highest BCUT2D eigenvalue weighted by atomic mass is 32.1. The van der Waals surface area contributed by atoms with Crippen LogP contribution in [0.3, 0.4) is 0 Å². The van der Waals surface area contributed by atoms with Crippen molar-refractivity contribution in [3.63, 3.8) is 0 Å². The number of amides is 1. The second kappa shape index (κ2) is 9.12. The molecule has 2 rings (SSSR count). The zero-order chi connectivity index (χ0) is 18.4. The SMILES string of the molecule is Cc1cc(C)cc(NC(=S)NNC(=O)CC[NH+]2C[C@H](C)O[C@@H](C)C2)c1. The number of hydrogen-bond acceptors (Lipinski definition) is 3. The van der Waals surface area contributed by atoms with Gasteiger partial charge < -0.3 is 15.0 Å². The number of hydrogen-bond donors (Lipinski definition) is 4. The maximum Gasteiger partial charge on any atom is 0.244 e. The minimum absolute atomic E-state index is 0.0659. The third-order valence-electron chi connectivity index (χ3n) is 4.12. The Morgan fingerprint density at radius 3 is 2.36 bits per heavy atom. The van der Waals surface area contributed by atoms with Gasteiger partial charge in [-0.15, -0.1) is 0 Å². The molecule has 0 unspecified atom stereocenters. The van der Waals surface area contributed by atoms with Crippen LogP contribution in [0.1, 0.15) is 31.4 Å². The minimum Gasteiger partial charge on any atom is -0.364 e. The van der Waals surface area contributed by atoms with E-state index in [0.717, 1.165) is 36.4 Å². The number of morpholine rings is 1. The largest absolute Gasteiger partial charge is 0.364 e. The second-order valence-corrected chi connectivity index (χ2v) is 7.33. The van der Waals surface area contributed by atoms with Crippen LogP contribution in [0.5, 0.6) is 0 Å². The molecule has 138 valence electrons. The van der Waals surface area contributed by atoms with Gasteiger partial charge >= 0.3 is 0 Å². The van der Waals surface area contributed by atoms with E-state index in [2.05, 4.69) is 36.1 Å². The van der Waals surface area contributed by atoms with Crippen molar-refractivity contribution in [3.8, 4) is 0 Å². The molecule has 0 saturated carbocycles. The van der Waals surface area contributed by atoms with Gasteiger partial charge in [0.1, 0.15) is 25.3 Å². The average molecular weight is 366 g/mol. The summed E-state index contributed by atoms with van der Waals surface area (Å²) < 4.78 is 5.72. The molecule has 1 fully saturated rings. The number of nitrogens with one attached hydrogen (secondary N) is 4. The topological polar surface area (TPSA) is 66.8 Å². The summed E-state index contributed by atoms with van der Waals surface area (Å²) in [6.45, 7) is 10.9. The Morgan fingerprint density at radius 1 is 1.16 bits per heavy atom. The quantitative estimate of drug-likeness (QED) is 0.467. The fourth-order valence-corrected chi connectivity index (χ4v) is 3.45. The standard InChI is InChI=1S/C18H28N4O2S/c1-12-7-13(2)9-16(8-12)19-18(25)21-20-17(23)5-6-22-10-14(3)24-15(4)11-22/h7-9,14-15H,5-6,10-11H2,1-4H3,(H,20,23)(H2,19,21,25)/p+1/t14-,15-/m0/s1. The molecule has 1 aromatic carbocycles. The lowest BCUT2D eigenvalue weighted by Gasteiger charge is -2.32. The Morgan fingerprint density at radius 2 is 1.76 bits per heavy atom. The number of rotatable bonds is 4. The maximum absolute atomic E-state index is 12.0. The van der Waals surface area contributed by atoms with Gasteiger partial charge in [-0.1, -0.05) is 6.07 Å². The number of benzene rings is 1. The van der Waals surface area contributed by atoms with E-state index in [4.69, 9.17) is 17.0 Å². The lowest BCUT2D eigenvalue weighted by molar-refractivity contribution is -0.914. The van der Waals surface area contributed by atoms with Crippen LogP contribution in [0.4, 0.5) is 5.69 Å². The smallest absolute Gasteiger partial charge is 0.244 e. The number of aryl methyl sites for hydroxylation is 2. The van der Waals surface area contributed by atoms with Gasteiger partial charge in [-0.05, 0) is 63.2 Å². The second-order valence-electron chi connectivity index (χ2n) is 6.92. The van der Waals surface area contributed by atoms with Crippen molar-refractivity contribution < 1.29 is 14.4 Å². The lowest BCUT2D eigenvalue weighted by atomic mass is 10.1. The van der Waals surface area contributed by atoms with Gasteiger partial charge in [0.05, 0.1) is 13.0 Å². The highest BCUT2D eigenvalue weighted by Gasteiger charge is 2.25. The van der Waals surface area contributed by atoms with Crippen molar-refractivity contribution in [2.75, 3.05) is 25.0 Å². The summed E-state index contributed by atoms with van der Waals surface area (Å²) in [5.41, 5.74) is 8.64.